The van der Waals surface area contributed by atoms with Gasteiger partial charge in [-0.15, -0.1) is 0 Å². The maximum atomic E-state index is 13.4. The Bertz CT molecular complexity index is 854. The smallest absolute Gasteiger partial charge is 0.225 e. The monoisotopic (exact) mass is 388 g/mol. The van der Waals surface area contributed by atoms with Crippen molar-refractivity contribution in [3.8, 4) is 0 Å². The number of hydrogen-bond acceptors (Lipinski definition) is 3. The van der Waals surface area contributed by atoms with E-state index in [0.717, 1.165) is 5.56 Å². The molecule has 0 radical (unpaired) electrons. The highest BCUT2D eigenvalue weighted by Gasteiger charge is 2.28. The Labute approximate surface area is 163 Å². The molecule has 0 aromatic heterocycles. The predicted octanol–water partition coefficient (Wildman–Crippen LogP) is 4.66. The van der Waals surface area contributed by atoms with Crippen LogP contribution in [-0.2, 0) is 16.2 Å². The topological polar surface area (TPSA) is 41.9 Å². The van der Waals surface area contributed by atoms with Crippen LogP contribution < -0.4 is 0 Å². The summed E-state index contributed by atoms with van der Waals surface area (Å²) in [6.45, 7) is 4.54. The van der Waals surface area contributed by atoms with Gasteiger partial charge in [0, 0.05) is 29.5 Å². The van der Waals surface area contributed by atoms with E-state index in [0.29, 0.717) is 35.8 Å². The third-order valence-corrected chi connectivity index (χ3v) is 4.81. The van der Waals surface area contributed by atoms with Crippen LogP contribution in [0.3, 0.4) is 0 Å². The Morgan fingerprint density at radius 2 is 2.07 bits per heavy atom. The van der Waals surface area contributed by atoms with E-state index in [2.05, 4.69) is 5.16 Å². The first kappa shape index (κ1) is 19.4. The molecule has 0 bridgehead atoms. The van der Waals surface area contributed by atoms with Crippen LogP contribution in [0.25, 0.3) is 0 Å². The molecule has 1 atom stereocenters. The van der Waals surface area contributed by atoms with Crippen LogP contribution in [-0.4, -0.2) is 29.2 Å². The first-order chi connectivity index (χ1) is 12.9. The average Bonchev–Trinajstić information content (AvgIpc) is 3.11. The average molecular weight is 389 g/mol. The van der Waals surface area contributed by atoms with Gasteiger partial charge in [0.1, 0.15) is 5.82 Å². The molecule has 142 valence electrons. The highest BCUT2D eigenvalue weighted by atomic mass is 35.5. The molecular weight excluding hydrogens is 367 g/mol. The van der Waals surface area contributed by atoms with Crippen LogP contribution in [0.5, 0.6) is 0 Å². The van der Waals surface area contributed by atoms with Gasteiger partial charge in [0.2, 0.25) is 5.91 Å². The van der Waals surface area contributed by atoms with E-state index < -0.39 is 0 Å². The van der Waals surface area contributed by atoms with E-state index in [1.54, 1.807) is 17.0 Å². The Morgan fingerprint density at radius 1 is 1.30 bits per heavy atom. The molecule has 0 aliphatic carbocycles. The van der Waals surface area contributed by atoms with Gasteiger partial charge in [-0.05, 0) is 23.8 Å². The second kappa shape index (κ2) is 8.53. The number of oxime groups is 1. The van der Waals surface area contributed by atoms with E-state index in [9.17, 15) is 9.18 Å². The molecule has 1 aliphatic rings. The minimum absolute atomic E-state index is 0.0257. The normalized spacial score (nSPS) is 16.2. The summed E-state index contributed by atoms with van der Waals surface area (Å²) in [7, 11) is 0. The second-order valence-electron chi connectivity index (χ2n) is 6.94. The lowest BCUT2D eigenvalue weighted by Crippen LogP contribution is -2.39. The van der Waals surface area contributed by atoms with Crippen molar-refractivity contribution in [2.75, 3.05) is 6.54 Å². The van der Waals surface area contributed by atoms with E-state index in [1.807, 2.05) is 38.1 Å². The van der Waals surface area contributed by atoms with Crippen molar-refractivity contribution in [1.29, 1.82) is 0 Å². The summed E-state index contributed by atoms with van der Waals surface area (Å²) in [5, 5.41) is 4.72. The molecule has 27 heavy (non-hydrogen) atoms. The van der Waals surface area contributed by atoms with Crippen LogP contribution >= 0.6 is 11.6 Å². The fourth-order valence-corrected chi connectivity index (χ4v) is 3.24. The Hall–Kier alpha value is -2.40. The number of nitrogens with zero attached hydrogens (tertiary/aromatic N) is 2. The summed E-state index contributed by atoms with van der Waals surface area (Å²) < 4.78 is 13.4. The molecule has 0 N–H and O–H groups in total. The highest BCUT2D eigenvalue weighted by molar-refractivity contribution is 6.31. The highest BCUT2D eigenvalue weighted by Crippen LogP contribution is 2.22. The zero-order valence-electron chi connectivity index (χ0n) is 15.4. The molecule has 0 fully saturated rings. The predicted molar refractivity (Wildman–Crippen MR) is 104 cm³/mol. The number of hydrogen-bond donors (Lipinski definition) is 0. The van der Waals surface area contributed by atoms with Crippen LogP contribution in [0, 0.1) is 11.7 Å². The molecule has 1 aliphatic heterocycles. The van der Waals surface area contributed by atoms with Crippen molar-refractivity contribution in [1.82, 2.24) is 4.90 Å². The number of benzene rings is 2. The molecule has 2 aromatic rings. The Morgan fingerprint density at radius 3 is 2.78 bits per heavy atom. The summed E-state index contributed by atoms with van der Waals surface area (Å²) in [6.07, 6.45) is 0.252. The standard InChI is InChI=1S/C21H22ClFN2O2/c1-14(2)21(26)25(12-16-6-3-4-9-19(16)22)13-18-11-20(24-27-18)15-7-5-8-17(23)10-15/h3-10,14,18H,11-13H2,1-2H3. The van der Waals surface area contributed by atoms with Gasteiger partial charge in [-0.1, -0.05) is 60.9 Å². The van der Waals surface area contributed by atoms with Gasteiger partial charge in [0.05, 0.1) is 12.3 Å². The van der Waals surface area contributed by atoms with Crippen molar-refractivity contribution in [2.45, 2.75) is 32.9 Å². The van der Waals surface area contributed by atoms with Crippen molar-refractivity contribution in [2.24, 2.45) is 11.1 Å². The Kier molecular flexibility index (Phi) is 6.11. The number of halogens is 2. The first-order valence-electron chi connectivity index (χ1n) is 8.95. The lowest BCUT2D eigenvalue weighted by atomic mass is 10.0. The zero-order valence-corrected chi connectivity index (χ0v) is 16.1. The Balaban J connectivity index is 1.70. The van der Waals surface area contributed by atoms with Crippen LogP contribution in [0.15, 0.2) is 53.7 Å². The largest absolute Gasteiger partial charge is 0.390 e. The third-order valence-electron chi connectivity index (χ3n) is 4.44. The molecule has 1 unspecified atom stereocenters. The number of rotatable bonds is 6. The molecule has 3 rings (SSSR count). The van der Waals surface area contributed by atoms with E-state index in [4.69, 9.17) is 16.4 Å². The van der Waals surface area contributed by atoms with Gasteiger partial charge >= 0.3 is 0 Å². The first-order valence-corrected chi connectivity index (χ1v) is 9.32. The maximum Gasteiger partial charge on any atom is 0.225 e. The summed E-state index contributed by atoms with van der Waals surface area (Å²) in [5.74, 6) is -0.427. The SMILES string of the molecule is CC(C)C(=O)N(Cc1ccccc1Cl)CC1CC(c2cccc(F)c2)=NO1. The lowest BCUT2D eigenvalue weighted by Gasteiger charge is -2.27. The van der Waals surface area contributed by atoms with Crippen molar-refractivity contribution >= 4 is 23.2 Å². The van der Waals surface area contributed by atoms with E-state index >= 15 is 0 Å². The van der Waals surface area contributed by atoms with Crippen LogP contribution in [0.4, 0.5) is 4.39 Å². The molecular formula is C21H22ClFN2O2. The summed E-state index contributed by atoms with van der Waals surface area (Å²) in [5.41, 5.74) is 2.27. The van der Waals surface area contributed by atoms with E-state index in [1.165, 1.54) is 12.1 Å². The van der Waals surface area contributed by atoms with Gasteiger partial charge in [0.25, 0.3) is 0 Å². The fraction of sp³-hybridized carbons (Fsp3) is 0.333. The molecule has 1 amide bonds. The summed E-state index contributed by atoms with van der Waals surface area (Å²) in [6, 6.07) is 13.8. The van der Waals surface area contributed by atoms with Gasteiger partial charge in [-0.3, -0.25) is 4.79 Å². The fourth-order valence-electron chi connectivity index (χ4n) is 3.04. The lowest BCUT2D eigenvalue weighted by molar-refractivity contribution is -0.136. The van der Waals surface area contributed by atoms with Crippen molar-refractivity contribution < 1.29 is 14.0 Å². The minimum atomic E-state index is -0.311. The molecule has 0 saturated heterocycles. The molecule has 1 heterocycles. The van der Waals surface area contributed by atoms with Crippen molar-refractivity contribution in [3.05, 3.63) is 70.5 Å². The van der Waals surface area contributed by atoms with E-state index in [-0.39, 0.29) is 23.7 Å². The van der Waals surface area contributed by atoms with Crippen LogP contribution in [0.1, 0.15) is 31.4 Å². The van der Waals surface area contributed by atoms with Crippen molar-refractivity contribution in [3.63, 3.8) is 0 Å². The summed E-state index contributed by atoms with van der Waals surface area (Å²) in [4.78, 5) is 20.0. The minimum Gasteiger partial charge on any atom is -0.390 e. The van der Waals surface area contributed by atoms with Gasteiger partial charge < -0.3 is 9.74 Å². The third kappa shape index (κ3) is 4.86. The van der Waals surface area contributed by atoms with Gasteiger partial charge in [0.15, 0.2) is 6.10 Å². The molecule has 6 heteroatoms. The molecule has 0 spiro atoms. The molecule has 4 nitrogen and oxygen atoms in total. The number of carbonyl (C=O) groups is 1. The molecule has 2 aromatic carbocycles. The zero-order chi connectivity index (χ0) is 19.4. The van der Waals surface area contributed by atoms with Gasteiger partial charge in [-0.2, -0.15) is 0 Å². The number of carbonyl (C=O) groups excluding carboxylic acids is 1. The number of amides is 1. The molecule has 0 saturated carbocycles. The maximum absolute atomic E-state index is 13.4. The van der Waals surface area contributed by atoms with Gasteiger partial charge in [-0.25, -0.2) is 4.39 Å². The van der Waals surface area contributed by atoms with Crippen LogP contribution in [0.2, 0.25) is 5.02 Å². The quantitative estimate of drug-likeness (QED) is 0.722. The second-order valence-corrected chi connectivity index (χ2v) is 7.35. The summed E-state index contributed by atoms with van der Waals surface area (Å²) >= 11 is 6.26.